The fraction of sp³-hybridized carbons (Fsp3) is 0.667. The topological polar surface area (TPSA) is 44.4 Å². The van der Waals surface area contributed by atoms with Crippen molar-refractivity contribution in [3.8, 4) is 0 Å². The average molecular weight is 430 g/mol. The molecular weight excluding hydrogens is 399 g/mol. The van der Waals surface area contributed by atoms with Crippen molar-refractivity contribution in [2.45, 2.75) is 55.6 Å². The number of alkyl halides is 3. The molecule has 2 N–H and O–H groups in total. The maximum Gasteiger partial charge on any atom is 0.446 e. The number of halogens is 3. The number of rotatable bonds is 7. The van der Waals surface area contributed by atoms with E-state index < -0.39 is 5.51 Å². The van der Waals surface area contributed by atoms with E-state index in [1.165, 1.54) is 6.07 Å². The molecule has 1 saturated heterocycles. The molecule has 1 amide bonds. The zero-order chi connectivity index (χ0) is 21.2. The largest absolute Gasteiger partial charge is 0.446 e. The Balaban J connectivity index is 1.62. The van der Waals surface area contributed by atoms with E-state index in [9.17, 15) is 18.0 Å². The monoisotopic (exact) mass is 429 g/mol. The Bertz CT molecular complexity index is 713. The van der Waals surface area contributed by atoms with Gasteiger partial charge in [-0.1, -0.05) is 19.9 Å². The number of amides is 1. The number of carbonyl (C=O) groups excluding carboxylic acids is 1. The minimum absolute atomic E-state index is 0.0499. The Labute approximate surface area is 175 Å². The summed E-state index contributed by atoms with van der Waals surface area (Å²) >= 11 is -0.0762. The summed E-state index contributed by atoms with van der Waals surface area (Å²) in [5.41, 5.74) is -3.46. The fourth-order valence-electron chi connectivity index (χ4n) is 4.64. The van der Waals surface area contributed by atoms with Gasteiger partial charge in [0.2, 0.25) is 5.91 Å². The first-order chi connectivity index (χ1) is 13.7. The van der Waals surface area contributed by atoms with Gasteiger partial charge in [-0.3, -0.25) is 4.79 Å². The molecule has 2 aliphatic rings. The number of fused-ring (bicyclic) bond motifs is 1. The minimum atomic E-state index is -4.28. The minimum Gasteiger partial charge on any atom is -0.371 e. The average Bonchev–Trinajstić information content (AvgIpc) is 3.20. The highest BCUT2D eigenvalue weighted by Crippen LogP contribution is 2.42. The molecule has 162 valence electrons. The van der Waals surface area contributed by atoms with Crippen molar-refractivity contribution < 1.29 is 18.0 Å². The molecule has 0 aromatic heterocycles. The molecule has 1 heterocycles. The van der Waals surface area contributed by atoms with Gasteiger partial charge >= 0.3 is 5.51 Å². The van der Waals surface area contributed by atoms with Crippen LogP contribution in [-0.4, -0.2) is 43.6 Å². The summed E-state index contributed by atoms with van der Waals surface area (Å²) in [7, 11) is 1.81. The molecule has 0 spiro atoms. The van der Waals surface area contributed by atoms with E-state index in [0.29, 0.717) is 17.8 Å². The number of hydrogen-bond acceptors (Lipinski definition) is 4. The summed E-state index contributed by atoms with van der Waals surface area (Å²) in [5, 5.41) is 6.35. The fourth-order valence-corrected chi connectivity index (χ4v) is 5.24. The summed E-state index contributed by atoms with van der Waals surface area (Å²) in [6.07, 6.45) is 2.80. The predicted molar refractivity (Wildman–Crippen MR) is 111 cm³/mol. The zero-order valence-corrected chi connectivity index (χ0v) is 17.9. The van der Waals surface area contributed by atoms with Crippen molar-refractivity contribution in [2.75, 3.05) is 25.0 Å². The van der Waals surface area contributed by atoms with E-state index in [4.69, 9.17) is 0 Å². The van der Waals surface area contributed by atoms with Gasteiger partial charge in [0.05, 0.1) is 6.04 Å². The highest BCUT2D eigenvalue weighted by atomic mass is 32.2. The van der Waals surface area contributed by atoms with E-state index in [0.717, 1.165) is 38.0 Å². The molecule has 29 heavy (non-hydrogen) atoms. The van der Waals surface area contributed by atoms with Crippen LogP contribution in [0.1, 0.15) is 33.1 Å². The van der Waals surface area contributed by atoms with Crippen LogP contribution >= 0.6 is 11.8 Å². The van der Waals surface area contributed by atoms with Crippen LogP contribution in [0.25, 0.3) is 0 Å². The van der Waals surface area contributed by atoms with Gasteiger partial charge in [0.15, 0.2) is 0 Å². The molecule has 4 atom stereocenters. The Kier molecular flexibility index (Phi) is 7.04. The van der Waals surface area contributed by atoms with Crippen LogP contribution in [0.2, 0.25) is 0 Å². The molecule has 8 heteroatoms. The molecular formula is C21H30F3N3OS. The van der Waals surface area contributed by atoms with E-state index in [1.807, 2.05) is 13.1 Å². The van der Waals surface area contributed by atoms with Gasteiger partial charge in [-0.2, -0.15) is 13.2 Å². The number of thioether (sulfide) groups is 1. The molecule has 1 aromatic rings. The maximum atomic E-state index is 12.7. The first-order valence-corrected chi connectivity index (χ1v) is 11.1. The third-order valence-electron chi connectivity index (χ3n) is 5.97. The molecule has 0 bridgehead atoms. The first kappa shape index (κ1) is 22.3. The number of nitrogens with one attached hydrogen (secondary N) is 2. The molecule has 0 unspecified atom stereocenters. The highest BCUT2D eigenvalue weighted by molar-refractivity contribution is 8.00. The van der Waals surface area contributed by atoms with Gasteiger partial charge in [0, 0.05) is 35.6 Å². The number of nitrogens with zero attached hydrogens (tertiary/aromatic N) is 1. The summed E-state index contributed by atoms with van der Waals surface area (Å²) in [4.78, 5) is 15.1. The number of benzene rings is 1. The van der Waals surface area contributed by atoms with Crippen molar-refractivity contribution in [1.29, 1.82) is 0 Å². The Morgan fingerprint density at radius 2 is 2.03 bits per heavy atom. The van der Waals surface area contributed by atoms with Crippen molar-refractivity contribution in [1.82, 2.24) is 10.6 Å². The Morgan fingerprint density at radius 1 is 1.28 bits per heavy atom. The number of anilines is 1. The first-order valence-electron chi connectivity index (χ1n) is 10.2. The van der Waals surface area contributed by atoms with Gasteiger partial charge in [0.25, 0.3) is 0 Å². The lowest BCUT2D eigenvalue weighted by atomic mass is 9.97. The van der Waals surface area contributed by atoms with Gasteiger partial charge in [-0.05, 0) is 68.1 Å². The van der Waals surface area contributed by atoms with Crippen LogP contribution in [0.15, 0.2) is 29.2 Å². The van der Waals surface area contributed by atoms with E-state index in [-0.39, 0.29) is 34.6 Å². The molecule has 4 nitrogen and oxygen atoms in total. The van der Waals surface area contributed by atoms with Crippen molar-refractivity contribution in [2.24, 2.45) is 17.8 Å². The van der Waals surface area contributed by atoms with E-state index >= 15 is 0 Å². The van der Waals surface area contributed by atoms with Crippen LogP contribution in [-0.2, 0) is 4.79 Å². The second-order valence-corrected chi connectivity index (χ2v) is 9.68. The third kappa shape index (κ3) is 5.81. The lowest BCUT2D eigenvalue weighted by Crippen LogP contribution is -2.49. The van der Waals surface area contributed by atoms with Crippen molar-refractivity contribution >= 4 is 23.4 Å². The third-order valence-corrected chi connectivity index (χ3v) is 6.69. The summed E-state index contributed by atoms with van der Waals surface area (Å²) in [5.74, 6) is 1.29. The Hall–Kier alpha value is -1.41. The molecule has 1 aromatic carbocycles. The van der Waals surface area contributed by atoms with Gasteiger partial charge in [-0.15, -0.1) is 0 Å². The SMILES string of the molecule is CN[C@@H](CC(C)C)C(=O)N[C@H]1CC[C@@H]2CN(c3cccc(SC(F)(F)F)c3)C[C@@H]21. The molecule has 2 fully saturated rings. The van der Waals surface area contributed by atoms with E-state index in [1.54, 1.807) is 12.1 Å². The molecule has 1 saturated carbocycles. The second-order valence-electron chi connectivity index (χ2n) is 8.54. The number of hydrogen-bond donors (Lipinski definition) is 2. The quantitative estimate of drug-likeness (QED) is 0.636. The lowest BCUT2D eigenvalue weighted by molar-refractivity contribution is -0.124. The molecule has 0 radical (unpaired) electrons. The zero-order valence-electron chi connectivity index (χ0n) is 17.1. The van der Waals surface area contributed by atoms with Crippen LogP contribution < -0.4 is 15.5 Å². The summed E-state index contributed by atoms with van der Waals surface area (Å²) in [6.45, 7) is 5.80. The van der Waals surface area contributed by atoms with E-state index in [2.05, 4.69) is 29.4 Å². The van der Waals surface area contributed by atoms with Crippen LogP contribution in [0, 0.1) is 17.8 Å². The molecule has 1 aliphatic heterocycles. The van der Waals surface area contributed by atoms with Crippen LogP contribution in [0.3, 0.4) is 0 Å². The lowest BCUT2D eigenvalue weighted by Gasteiger charge is -2.26. The normalized spacial score (nSPS) is 25.3. The van der Waals surface area contributed by atoms with Gasteiger partial charge < -0.3 is 15.5 Å². The maximum absolute atomic E-state index is 12.7. The predicted octanol–water partition coefficient (Wildman–Crippen LogP) is 4.26. The van der Waals surface area contributed by atoms with Gasteiger partial charge in [0.1, 0.15) is 0 Å². The molecule has 3 rings (SSSR count). The number of carbonyl (C=O) groups is 1. The second kappa shape index (κ2) is 9.16. The highest BCUT2D eigenvalue weighted by Gasteiger charge is 2.43. The van der Waals surface area contributed by atoms with Crippen molar-refractivity contribution in [3.05, 3.63) is 24.3 Å². The molecule has 1 aliphatic carbocycles. The summed E-state index contributed by atoms with van der Waals surface area (Å²) < 4.78 is 38.1. The smallest absolute Gasteiger partial charge is 0.371 e. The number of likely N-dealkylation sites (N-methyl/N-ethyl adjacent to an activating group) is 1. The van der Waals surface area contributed by atoms with Crippen molar-refractivity contribution in [3.63, 3.8) is 0 Å². The summed E-state index contributed by atoms with van der Waals surface area (Å²) in [6, 6.07) is 6.60. The Morgan fingerprint density at radius 3 is 2.69 bits per heavy atom. The van der Waals surface area contributed by atoms with Gasteiger partial charge in [-0.25, -0.2) is 0 Å². The van der Waals surface area contributed by atoms with Crippen LogP contribution in [0.4, 0.5) is 18.9 Å². The standard InChI is InChI=1S/C21H30F3N3OS/c1-13(2)9-19(25-3)20(28)26-18-8-7-14-11-27(12-17(14)18)15-5-4-6-16(10-15)29-21(22,23)24/h4-6,10,13-14,17-19,25H,7-9,11-12H2,1-3H3,(H,26,28)/t14-,17+,18+,19+/m1/s1. The van der Waals surface area contributed by atoms with Crippen LogP contribution in [0.5, 0.6) is 0 Å².